The highest BCUT2D eigenvalue weighted by molar-refractivity contribution is 6.05. The number of fused-ring (bicyclic) bond motifs is 1. The minimum Gasteiger partial charge on any atom is -0.309 e. The standard InChI is InChI=1S/C14H17NO/c1-4-7-12-11-8-5-6-9-13(11)15(10(2)3)14(12)16/h4-6,8-10,12H,1,7H2,2-3H3. The van der Waals surface area contributed by atoms with Gasteiger partial charge in [0.1, 0.15) is 0 Å². The Morgan fingerprint density at radius 3 is 2.75 bits per heavy atom. The van der Waals surface area contributed by atoms with Crippen LogP contribution in [0.1, 0.15) is 31.7 Å². The van der Waals surface area contributed by atoms with E-state index in [1.165, 1.54) is 0 Å². The number of nitrogens with zero attached hydrogens (tertiary/aromatic N) is 1. The van der Waals surface area contributed by atoms with E-state index >= 15 is 0 Å². The molecule has 1 heterocycles. The highest BCUT2D eigenvalue weighted by atomic mass is 16.2. The lowest BCUT2D eigenvalue weighted by molar-refractivity contribution is -0.119. The maximum atomic E-state index is 12.3. The van der Waals surface area contributed by atoms with Crippen molar-refractivity contribution in [1.82, 2.24) is 0 Å². The minimum atomic E-state index is -0.0314. The Morgan fingerprint density at radius 2 is 2.12 bits per heavy atom. The van der Waals surface area contributed by atoms with Crippen molar-refractivity contribution in [3.05, 3.63) is 42.5 Å². The van der Waals surface area contributed by atoms with E-state index in [0.717, 1.165) is 17.7 Å². The molecule has 1 atom stereocenters. The van der Waals surface area contributed by atoms with Gasteiger partial charge in [0, 0.05) is 11.7 Å². The van der Waals surface area contributed by atoms with Crippen molar-refractivity contribution in [2.24, 2.45) is 0 Å². The predicted octanol–water partition coefficient (Wildman–Crippen LogP) is 3.10. The largest absolute Gasteiger partial charge is 0.309 e. The van der Waals surface area contributed by atoms with E-state index in [1.54, 1.807) is 0 Å². The monoisotopic (exact) mass is 215 g/mol. The quantitative estimate of drug-likeness (QED) is 0.709. The number of carbonyl (C=O) groups excluding carboxylic acids is 1. The van der Waals surface area contributed by atoms with Crippen molar-refractivity contribution in [3.63, 3.8) is 0 Å². The minimum absolute atomic E-state index is 0.0314. The molecule has 0 bridgehead atoms. The van der Waals surface area contributed by atoms with Gasteiger partial charge in [0.25, 0.3) is 0 Å². The van der Waals surface area contributed by atoms with Crippen molar-refractivity contribution in [2.45, 2.75) is 32.2 Å². The third kappa shape index (κ3) is 1.54. The van der Waals surface area contributed by atoms with E-state index < -0.39 is 0 Å². The average molecular weight is 215 g/mol. The van der Waals surface area contributed by atoms with E-state index in [0.29, 0.717) is 0 Å². The molecule has 1 aromatic rings. The maximum absolute atomic E-state index is 12.3. The van der Waals surface area contributed by atoms with Crippen LogP contribution in [0.4, 0.5) is 5.69 Å². The van der Waals surface area contributed by atoms with Gasteiger partial charge < -0.3 is 4.90 Å². The molecule has 2 heteroatoms. The molecule has 0 spiro atoms. The van der Waals surface area contributed by atoms with Crippen molar-refractivity contribution < 1.29 is 4.79 Å². The van der Waals surface area contributed by atoms with Gasteiger partial charge in [0.2, 0.25) is 5.91 Å². The van der Waals surface area contributed by atoms with Gasteiger partial charge in [-0.15, -0.1) is 6.58 Å². The molecule has 0 aliphatic carbocycles. The fourth-order valence-corrected chi connectivity index (χ4v) is 2.35. The van der Waals surface area contributed by atoms with Crippen molar-refractivity contribution in [2.75, 3.05) is 4.90 Å². The molecule has 0 saturated carbocycles. The fraction of sp³-hybridized carbons (Fsp3) is 0.357. The predicted molar refractivity (Wildman–Crippen MR) is 66.6 cm³/mol. The summed E-state index contributed by atoms with van der Waals surface area (Å²) < 4.78 is 0. The first-order chi connectivity index (χ1) is 7.66. The lowest BCUT2D eigenvalue weighted by Crippen LogP contribution is -2.34. The van der Waals surface area contributed by atoms with Crippen LogP contribution >= 0.6 is 0 Å². The third-order valence-electron chi connectivity index (χ3n) is 3.03. The van der Waals surface area contributed by atoms with Crippen LogP contribution in [0.3, 0.4) is 0 Å². The molecule has 0 aromatic heterocycles. The summed E-state index contributed by atoms with van der Waals surface area (Å²) in [6, 6.07) is 8.26. The molecule has 0 fully saturated rings. The van der Waals surface area contributed by atoms with Crippen molar-refractivity contribution >= 4 is 11.6 Å². The number of anilines is 1. The Labute approximate surface area is 96.6 Å². The molecule has 0 saturated heterocycles. The topological polar surface area (TPSA) is 20.3 Å². The molecule has 1 aromatic carbocycles. The van der Waals surface area contributed by atoms with Crippen LogP contribution in [-0.4, -0.2) is 11.9 Å². The third-order valence-corrected chi connectivity index (χ3v) is 3.03. The van der Waals surface area contributed by atoms with Crippen molar-refractivity contribution in [3.8, 4) is 0 Å². The first kappa shape index (κ1) is 10.9. The summed E-state index contributed by atoms with van der Waals surface area (Å²) >= 11 is 0. The molecule has 1 aliphatic heterocycles. The maximum Gasteiger partial charge on any atom is 0.235 e. The highest BCUT2D eigenvalue weighted by Crippen LogP contribution is 2.40. The van der Waals surface area contributed by atoms with E-state index in [1.807, 2.05) is 49.1 Å². The molecular formula is C14H17NO. The molecule has 0 N–H and O–H groups in total. The van der Waals surface area contributed by atoms with Crippen molar-refractivity contribution in [1.29, 1.82) is 0 Å². The molecule has 1 unspecified atom stereocenters. The second kappa shape index (κ2) is 4.12. The number of benzene rings is 1. The summed E-state index contributed by atoms with van der Waals surface area (Å²) in [4.78, 5) is 14.2. The first-order valence-corrected chi connectivity index (χ1v) is 5.69. The molecule has 1 amide bonds. The van der Waals surface area contributed by atoms with E-state index in [4.69, 9.17) is 0 Å². The Morgan fingerprint density at radius 1 is 1.44 bits per heavy atom. The Balaban J connectivity index is 2.48. The molecule has 2 rings (SSSR count). The zero-order valence-corrected chi connectivity index (χ0v) is 9.81. The van der Waals surface area contributed by atoms with E-state index in [-0.39, 0.29) is 17.9 Å². The zero-order valence-electron chi connectivity index (χ0n) is 9.81. The smallest absolute Gasteiger partial charge is 0.235 e. The van der Waals surface area contributed by atoms with Crippen LogP contribution in [0, 0.1) is 0 Å². The normalized spacial score (nSPS) is 19.1. The zero-order chi connectivity index (χ0) is 11.7. The summed E-state index contributed by atoms with van der Waals surface area (Å²) in [5, 5.41) is 0. The van der Waals surface area contributed by atoms with E-state index in [2.05, 4.69) is 6.58 Å². The average Bonchev–Trinajstić information content (AvgIpc) is 2.53. The number of para-hydroxylation sites is 1. The van der Waals surface area contributed by atoms with Gasteiger partial charge >= 0.3 is 0 Å². The lowest BCUT2D eigenvalue weighted by atomic mass is 9.97. The number of hydrogen-bond acceptors (Lipinski definition) is 1. The number of hydrogen-bond donors (Lipinski definition) is 0. The SMILES string of the molecule is C=CCC1C(=O)N(C(C)C)c2ccccc21. The van der Waals surface area contributed by atoms with E-state index in [9.17, 15) is 4.79 Å². The summed E-state index contributed by atoms with van der Waals surface area (Å²) in [5.41, 5.74) is 2.20. The van der Waals surface area contributed by atoms with Gasteiger partial charge in [0.05, 0.1) is 5.92 Å². The molecule has 2 nitrogen and oxygen atoms in total. The van der Waals surface area contributed by atoms with Gasteiger partial charge in [-0.3, -0.25) is 4.79 Å². The Kier molecular flexibility index (Phi) is 2.82. The van der Waals surface area contributed by atoms with Gasteiger partial charge in [-0.25, -0.2) is 0 Å². The van der Waals surface area contributed by atoms with Gasteiger partial charge in [-0.1, -0.05) is 24.3 Å². The number of rotatable bonds is 3. The highest BCUT2D eigenvalue weighted by Gasteiger charge is 2.37. The summed E-state index contributed by atoms with van der Waals surface area (Å²) in [7, 11) is 0. The number of amides is 1. The van der Waals surface area contributed by atoms with Gasteiger partial charge in [-0.05, 0) is 31.9 Å². The summed E-state index contributed by atoms with van der Waals surface area (Å²) in [6.45, 7) is 7.82. The molecule has 16 heavy (non-hydrogen) atoms. The van der Waals surface area contributed by atoms with Crippen LogP contribution < -0.4 is 4.90 Å². The van der Waals surface area contributed by atoms with Gasteiger partial charge in [0.15, 0.2) is 0 Å². The second-order valence-electron chi connectivity index (χ2n) is 4.44. The Hall–Kier alpha value is -1.57. The molecule has 1 aliphatic rings. The first-order valence-electron chi connectivity index (χ1n) is 5.69. The number of allylic oxidation sites excluding steroid dienone is 1. The summed E-state index contributed by atoms with van der Waals surface area (Å²) in [5.74, 6) is 0.173. The van der Waals surface area contributed by atoms with Crippen LogP contribution in [0.5, 0.6) is 0 Å². The van der Waals surface area contributed by atoms with Crippen LogP contribution in [0.2, 0.25) is 0 Å². The van der Waals surface area contributed by atoms with Crippen LogP contribution in [0.25, 0.3) is 0 Å². The lowest BCUT2D eigenvalue weighted by Gasteiger charge is -2.22. The fourth-order valence-electron chi connectivity index (χ4n) is 2.35. The van der Waals surface area contributed by atoms with Crippen LogP contribution in [0.15, 0.2) is 36.9 Å². The molecular weight excluding hydrogens is 198 g/mol. The summed E-state index contributed by atoms with van der Waals surface area (Å²) in [6.07, 6.45) is 2.54. The second-order valence-corrected chi connectivity index (χ2v) is 4.44. The molecule has 0 radical (unpaired) electrons. The van der Waals surface area contributed by atoms with Gasteiger partial charge in [-0.2, -0.15) is 0 Å². The molecule has 84 valence electrons. The Bertz CT molecular complexity index is 422. The van der Waals surface area contributed by atoms with Crippen LogP contribution in [-0.2, 0) is 4.79 Å². The number of carbonyl (C=O) groups is 1.